The number of aryl methyl sites for hydroxylation is 1. The predicted molar refractivity (Wildman–Crippen MR) is 253 cm³/mol. The number of aliphatic hydroxyl groups is 1. The molecular formula is C49H60F3N9O8S. The minimum Gasteiger partial charge on any atom is -0.494 e. The van der Waals surface area contributed by atoms with Crippen LogP contribution in [0, 0.1) is 23.2 Å². The molecule has 0 radical (unpaired) electrons. The maximum Gasteiger partial charge on any atom is 0.453 e. The number of nitrogens with one attached hydrogen (secondary N) is 3. The number of amides is 4. The number of aliphatic hydroxyl groups excluding tert-OH is 1. The summed E-state index contributed by atoms with van der Waals surface area (Å²) >= 11 is 1.56. The van der Waals surface area contributed by atoms with Crippen LogP contribution in [0.3, 0.4) is 0 Å². The zero-order valence-corrected chi connectivity index (χ0v) is 41.2. The van der Waals surface area contributed by atoms with Crippen molar-refractivity contribution in [1.29, 1.82) is 0 Å². The van der Waals surface area contributed by atoms with E-state index in [1.165, 1.54) is 17.0 Å². The monoisotopic (exact) mass is 991 g/mol. The van der Waals surface area contributed by atoms with Gasteiger partial charge in [-0.05, 0) is 66.6 Å². The quantitative estimate of drug-likeness (QED) is 0.0727. The molecule has 2 fully saturated rings. The van der Waals surface area contributed by atoms with Crippen molar-refractivity contribution in [2.24, 2.45) is 16.2 Å². The summed E-state index contributed by atoms with van der Waals surface area (Å²) in [5, 5.41) is 30.1. The highest BCUT2D eigenvalue weighted by molar-refractivity contribution is 7.13. The van der Waals surface area contributed by atoms with E-state index in [9.17, 15) is 37.5 Å². The smallest absolute Gasteiger partial charge is 0.453 e. The molecule has 1 aliphatic heterocycles. The third-order valence-corrected chi connectivity index (χ3v) is 13.8. The van der Waals surface area contributed by atoms with Gasteiger partial charge in [-0.2, -0.15) is 17.7 Å². The van der Waals surface area contributed by atoms with Crippen LogP contribution < -0.4 is 25.4 Å². The third kappa shape index (κ3) is 11.5. The Kier molecular flexibility index (Phi) is 15.2. The van der Waals surface area contributed by atoms with Crippen molar-refractivity contribution in [3.05, 3.63) is 88.8 Å². The second kappa shape index (κ2) is 20.6. The molecule has 2 aromatic carbocycles. The van der Waals surface area contributed by atoms with Crippen LogP contribution in [0.15, 0.2) is 66.2 Å². The summed E-state index contributed by atoms with van der Waals surface area (Å²) in [5.74, 6) is -2.39. The number of β-amino-alcohol motifs (C(OH)–C–C–N with tert-alkyl or cyclic N) is 1. The highest BCUT2D eigenvalue weighted by atomic mass is 32.1. The van der Waals surface area contributed by atoms with E-state index in [0.717, 1.165) is 21.7 Å². The van der Waals surface area contributed by atoms with Crippen LogP contribution >= 0.6 is 11.3 Å². The van der Waals surface area contributed by atoms with Crippen molar-refractivity contribution in [2.75, 3.05) is 26.4 Å². The molecule has 5 aromatic rings. The average molecular weight is 992 g/mol. The number of benzene rings is 2. The van der Waals surface area contributed by atoms with E-state index in [2.05, 4.69) is 36.2 Å². The van der Waals surface area contributed by atoms with Crippen LogP contribution in [-0.2, 0) is 31.8 Å². The fraction of sp³-hybridized carbons (Fsp3) is 0.510. The maximum atomic E-state index is 14.0. The molecule has 3 atom stereocenters. The molecule has 1 aliphatic carbocycles. The lowest BCUT2D eigenvalue weighted by Crippen LogP contribution is -2.74. The van der Waals surface area contributed by atoms with Gasteiger partial charge in [-0.15, -0.1) is 26.6 Å². The predicted octanol–water partition coefficient (Wildman–Crippen LogP) is 6.17. The fourth-order valence-electron chi connectivity index (χ4n) is 9.49. The molecule has 1 saturated heterocycles. The SMILES string of the molecule is Cc1ncsc1-c1ccc(CNC(=O)C2CC(O)CN2C(=O)C(NC(=O)COCCCCOc2ccc(C(=O)NC3C(C)(C)C(Oc4ccc5nnc(C(F)(F)F)n5n4)C3(C)C)cc2)C(C)(C)C)cc1. The second-order valence-corrected chi connectivity index (χ2v) is 20.9. The minimum atomic E-state index is -4.75. The summed E-state index contributed by atoms with van der Waals surface area (Å²) in [6.07, 6.45) is -4.90. The van der Waals surface area contributed by atoms with Gasteiger partial charge in [0.15, 0.2) is 5.65 Å². The van der Waals surface area contributed by atoms with Crippen molar-refractivity contribution in [1.82, 2.24) is 45.6 Å². The van der Waals surface area contributed by atoms with Gasteiger partial charge in [0.25, 0.3) is 11.7 Å². The van der Waals surface area contributed by atoms with Crippen LogP contribution in [0.1, 0.15) is 95.2 Å². The second-order valence-electron chi connectivity index (χ2n) is 20.1. The van der Waals surface area contributed by atoms with Crippen LogP contribution in [-0.4, -0.2) is 115 Å². The molecule has 0 bridgehead atoms. The van der Waals surface area contributed by atoms with E-state index >= 15 is 0 Å². The summed E-state index contributed by atoms with van der Waals surface area (Å²) in [4.78, 5) is 60.6. The number of likely N-dealkylation sites (tertiary alicyclic amines) is 1. The molecule has 17 nitrogen and oxygen atoms in total. The van der Waals surface area contributed by atoms with Gasteiger partial charge in [-0.25, -0.2) is 4.98 Å². The number of hydrogen-bond acceptors (Lipinski definition) is 13. The van der Waals surface area contributed by atoms with Crippen LogP contribution in [0.25, 0.3) is 16.1 Å². The molecule has 4 amide bonds. The summed E-state index contributed by atoms with van der Waals surface area (Å²) in [6, 6.07) is 15.0. The Morgan fingerprint density at radius 3 is 2.26 bits per heavy atom. The first-order valence-electron chi connectivity index (χ1n) is 23.1. The molecule has 0 spiro atoms. The largest absolute Gasteiger partial charge is 0.494 e. The number of thiazole rings is 1. The van der Waals surface area contributed by atoms with E-state index in [1.54, 1.807) is 41.1 Å². The van der Waals surface area contributed by atoms with Crippen molar-refractivity contribution in [3.8, 4) is 22.1 Å². The number of unbranched alkanes of at least 4 members (excludes halogenated alkanes) is 1. The standard InChI is InChI=1S/C49H60F3N9O8S/c1-28-38(70-27-54-28)30-13-11-29(12-14-30)24-53-41(65)34-23-32(62)25-60(34)42(66)39(46(2,3)4)55-36(63)26-67-21-9-10-22-68-33-17-15-31(16-18-33)40(64)56-43-47(5,6)44(48(43,7)8)69-37-20-19-35-57-58-45(49(50,51)52)61(35)59-37/h11-20,27,32,34,39,43-44,62H,9-10,21-26H2,1-8H3,(H,53,65)(H,55,63)(H,56,64). The van der Waals surface area contributed by atoms with Gasteiger partial charge in [0.1, 0.15) is 30.5 Å². The Bertz CT molecular complexity index is 2650. The van der Waals surface area contributed by atoms with E-state index in [4.69, 9.17) is 14.2 Å². The molecule has 7 rings (SSSR count). The maximum absolute atomic E-state index is 14.0. The van der Waals surface area contributed by atoms with Gasteiger partial charge in [-0.3, -0.25) is 19.2 Å². The lowest BCUT2D eigenvalue weighted by Gasteiger charge is -2.62. The Morgan fingerprint density at radius 2 is 1.61 bits per heavy atom. The third-order valence-electron chi connectivity index (χ3n) is 12.9. The Labute approximate surface area is 407 Å². The van der Waals surface area contributed by atoms with E-state index < -0.39 is 70.3 Å². The zero-order valence-electron chi connectivity index (χ0n) is 40.4. The summed E-state index contributed by atoms with van der Waals surface area (Å²) in [6.45, 7) is 15.5. The molecule has 21 heteroatoms. The number of halogens is 3. The summed E-state index contributed by atoms with van der Waals surface area (Å²) in [7, 11) is 0. The summed E-state index contributed by atoms with van der Waals surface area (Å²) in [5.41, 5.74) is 3.03. The molecule has 3 aromatic heterocycles. The number of rotatable bonds is 18. The van der Waals surface area contributed by atoms with Crippen molar-refractivity contribution < 1.29 is 51.7 Å². The first kappa shape index (κ1) is 51.7. The van der Waals surface area contributed by atoms with E-state index in [-0.39, 0.29) is 56.2 Å². The number of hydrogen-bond donors (Lipinski definition) is 4. The highest BCUT2D eigenvalue weighted by Gasteiger charge is 2.64. The molecule has 4 N–H and O–H groups in total. The lowest BCUT2D eigenvalue weighted by molar-refractivity contribution is -0.166. The van der Waals surface area contributed by atoms with Gasteiger partial charge in [0.2, 0.25) is 23.6 Å². The zero-order chi connectivity index (χ0) is 50.8. The van der Waals surface area contributed by atoms with Crippen LogP contribution in [0.4, 0.5) is 13.2 Å². The Balaban J connectivity index is 0.812. The number of carbonyl (C=O) groups excluding carboxylic acids is 4. The van der Waals surface area contributed by atoms with Gasteiger partial charge in [-0.1, -0.05) is 72.7 Å². The number of carbonyl (C=O) groups is 4. The first-order valence-corrected chi connectivity index (χ1v) is 24.0. The van der Waals surface area contributed by atoms with Gasteiger partial charge < -0.3 is 40.2 Å². The number of fused-ring (bicyclic) bond motifs is 1. The first-order chi connectivity index (χ1) is 32.9. The summed E-state index contributed by atoms with van der Waals surface area (Å²) < 4.78 is 58.6. The Hall–Kier alpha value is -6.19. The van der Waals surface area contributed by atoms with Crippen LogP contribution in [0.2, 0.25) is 0 Å². The molecule has 3 unspecified atom stereocenters. The highest BCUT2D eigenvalue weighted by Crippen LogP contribution is 2.55. The number of aromatic nitrogens is 5. The number of nitrogens with zero attached hydrogens (tertiary/aromatic N) is 6. The van der Waals surface area contributed by atoms with Crippen molar-refractivity contribution in [3.63, 3.8) is 0 Å². The molecule has 376 valence electrons. The van der Waals surface area contributed by atoms with Crippen LogP contribution in [0.5, 0.6) is 11.6 Å². The van der Waals surface area contributed by atoms with E-state index in [1.807, 2.05) is 79.7 Å². The topological polar surface area (TPSA) is 212 Å². The van der Waals surface area contributed by atoms with Crippen molar-refractivity contribution in [2.45, 2.75) is 118 Å². The lowest BCUT2D eigenvalue weighted by atomic mass is 9.49. The van der Waals surface area contributed by atoms with E-state index in [0.29, 0.717) is 35.3 Å². The van der Waals surface area contributed by atoms with Crippen molar-refractivity contribution >= 4 is 40.6 Å². The Morgan fingerprint density at radius 1 is 0.929 bits per heavy atom. The number of alkyl halides is 3. The normalized spacial score (nSPS) is 20.1. The average Bonchev–Trinajstić information content (AvgIpc) is 4.05. The van der Waals surface area contributed by atoms with Gasteiger partial charge in [0.05, 0.1) is 28.8 Å². The molecule has 2 aliphatic rings. The van der Waals surface area contributed by atoms with Gasteiger partial charge >= 0.3 is 6.18 Å². The molecule has 70 heavy (non-hydrogen) atoms. The molecule has 1 saturated carbocycles. The molecular weight excluding hydrogens is 932 g/mol. The number of ether oxygens (including phenoxy) is 3. The molecule has 4 heterocycles. The van der Waals surface area contributed by atoms with Gasteiger partial charge in [0, 0.05) is 54.6 Å². The fourth-order valence-corrected chi connectivity index (χ4v) is 10.3. The minimum absolute atomic E-state index is 0.0312.